The summed E-state index contributed by atoms with van der Waals surface area (Å²) in [5.74, 6) is 0.359. The fourth-order valence-electron chi connectivity index (χ4n) is 4.73. The number of carbonyl (C=O) groups is 2. The number of para-hydroxylation sites is 1. The van der Waals surface area contributed by atoms with E-state index in [1.165, 1.54) is 4.90 Å². The highest BCUT2D eigenvalue weighted by Gasteiger charge is 2.33. The molecule has 4 aromatic rings. The fraction of sp³-hybridized carbons (Fsp3) is 0.257. The molecule has 8 nitrogen and oxygen atoms in total. The Kier molecular flexibility index (Phi) is 12.1. The van der Waals surface area contributed by atoms with Crippen molar-refractivity contribution in [2.24, 2.45) is 5.92 Å². The monoisotopic (exact) mass is 681 g/mol. The maximum atomic E-state index is 14.3. The molecule has 0 aliphatic carbocycles. The Morgan fingerprint density at radius 2 is 1.46 bits per heavy atom. The highest BCUT2D eigenvalue weighted by Crippen LogP contribution is 2.27. The van der Waals surface area contributed by atoms with Crippen molar-refractivity contribution in [3.63, 3.8) is 0 Å². The van der Waals surface area contributed by atoms with Gasteiger partial charge in [-0.2, -0.15) is 0 Å². The molecule has 0 saturated heterocycles. The Hall–Kier alpha value is -4.05. The minimum atomic E-state index is -3.93. The molecule has 0 radical (unpaired) electrons. The first-order valence-corrected chi connectivity index (χ1v) is 17.4. The third-order valence-electron chi connectivity index (χ3n) is 7.09. The number of halogens is 2. The summed E-state index contributed by atoms with van der Waals surface area (Å²) >= 11 is 12.7. The van der Waals surface area contributed by atoms with E-state index < -0.39 is 28.5 Å². The molecule has 0 spiro atoms. The van der Waals surface area contributed by atoms with Gasteiger partial charge in [-0.25, -0.2) is 8.42 Å². The lowest BCUT2D eigenvalue weighted by Gasteiger charge is -2.34. The first kappa shape index (κ1) is 34.8. The van der Waals surface area contributed by atoms with Crippen LogP contribution in [0, 0.1) is 5.92 Å². The van der Waals surface area contributed by atoms with E-state index in [1.807, 2.05) is 62.4 Å². The number of carbonyl (C=O) groups excluding carboxylic acids is 2. The summed E-state index contributed by atoms with van der Waals surface area (Å²) in [6.07, 6.45) is 1.23. The SMILES string of the molecule is CC(C)CNC(=O)[C@@H](Cc1ccccc1)N(Cc1ccc(Cl)cc1Cl)C(=O)CN(c1ccc(Oc2ccccc2)cc1)S(C)(=O)=O. The number of nitrogens with one attached hydrogen (secondary N) is 1. The lowest BCUT2D eigenvalue weighted by Crippen LogP contribution is -2.53. The number of amides is 2. The van der Waals surface area contributed by atoms with Crippen molar-refractivity contribution in [3.8, 4) is 11.5 Å². The quantitative estimate of drug-likeness (QED) is 0.155. The molecule has 0 aliphatic rings. The fourth-order valence-corrected chi connectivity index (χ4v) is 6.05. The molecule has 2 amide bonds. The Bertz CT molecular complexity index is 1720. The predicted octanol–water partition coefficient (Wildman–Crippen LogP) is 6.96. The molecule has 1 N–H and O–H groups in total. The molecule has 46 heavy (non-hydrogen) atoms. The third-order valence-corrected chi connectivity index (χ3v) is 8.82. The zero-order valence-electron chi connectivity index (χ0n) is 25.9. The highest BCUT2D eigenvalue weighted by atomic mass is 35.5. The van der Waals surface area contributed by atoms with Crippen LogP contribution in [0.15, 0.2) is 103 Å². The van der Waals surface area contributed by atoms with Crippen molar-refractivity contribution in [2.75, 3.05) is 23.7 Å². The van der Waals surface area contributed by atoms with Crippen LogP contribution >= 0.6 is 23.2 Å². The van der Waals surface area contributed by atoms with Crippen LogP contribution in [0.1, 0.15) is 25.0 Å². The van der Waals surface area contributed by atoms with Crippen LogP contribution in [0.4, 0.5) is 5.69 Å². The minimum absolute atomic E-state index is 0.0527. The van der Waals surface area contributed by atoms with Crippen LogP contribution in [0.2, 0.25) is 10.0 Å². The van der Waals surface area contributed by atoms with Crippen LogP contribution in [-0.2, 0) is 32.6 Å². The summed E-state index contributed by atoms with van der Waals surface area (Å²) in [5.41, 5.74) is 1.66. The normalized spacial score (nSPS) is 12.0. The Morgan fingerprint density at radius 3 is 2.04 bits per heavy atom. The molecule has 0 heterocycles. The number of ether oxygens (including phenoxy) is 1. The zero-order valence-corrected chi connectivity index (χ0v) is 28.2. The molecule has 0 bridgehead atoms. The van der Waals surface area contributed by atoms with Gasteiger partial charge < -0.3 is 15.0 Å². The minimum Gasteiger partial charge on any atom is -0.457 e. The molecule has 4 rings (SSSR count). The van der Waals surface area contributed by atoms with Crippen LogP contribution in [0.25, 0.3) is 0 Å². The summed E-state index contributed by atoms with van der Waals surface area (Å²) in [6, 6.07) is 28.9. The second kappa shape index (κ2) is 16.0. The maximum absolute atomic E-state index is 14.3. The van der Waals surface area contributed by atoms with Crippen molar-refractivity contribution in [3.05, 3.63) is 124 Å². The lowest BCUT2D eigenvalue weighted by molar-refractivity contribution is -0.140. The molecule has 1 atom stereocenters. The van der Waals surface area contributed by atoms with Gasteiger partial charge in [0.15, 0.2) is 0 Å². The van der Waals surface area contributed by atoms with Crippen molar-refractivity contribution < 1.29 is 22.7 Å². The smallest absolute Gasteiger partial charge is 0.244 e. The summed E-state index contributed by atoms with van der Waals surface area (Å²) in [5, 5.41) is 3.70. The van der Waals surface area contributed by atoms with E-state index in [-0.39, 0.29) is 30.5 Å². The van der Waals surface area contributed by atoms with Gasteiger partial charge in [-0.05, 0) is 65.6 Å². The second-order valence-corrected chi connectivity index (χ2v) is 14.0. The van der Waals surface area contributed by atoms with Gasteiger partial charge in [-0.15, -0.1) is 0 Å². The highest BCUT2D eigenvalue weighted by molar-refractivity contribution is 7.92. The van der Waals surface area contributed by atoms with E-state index >= 15 is 0 Å². The van der Waals surface area contributed by atoms with E-state index in [0.29, 0.717) is 33.7 Å². The number of anilines is 1. The van der Waals surface area contributed by atoms with Crippen LogP contribution in [0.5, 0.6) is 11.5 Å². The molecule has 11 heteroatoms. The zero-order chi connectivity index (χ0) is 33.3. The van der Waals surface area contributed by atoms with E-state index in [9.17, 15) is 18.0 Å². The van der Waals surface area contributed by atoms with Gasteiger partial charge >= 0.3 is 0 Å². The molecule has 0 aromatic heterocycles. The average Bonchev–Trinajstić information content (AvgIpc) is 3.02. The van der Waals surface area contributed by atoms with Crippen molar-refractivity contribution in [1.82, 2.24) is 10.2 Å². The molecule has 0 fully saturated rings. The molecule has 242 valence electrons. The summed E-state index contributed by atoms with van der Waals surface area (Å²) in [6.45, 7) is 3.75. The van der Waals surface area contributed by atoms with Crippen molar-refractivity contribution in [2.45, 2.75) is 32.9 Å². The number of sulfonamides is 1. The summed E-state index contributed by atoms with van der Waals surface area (Å²) in [4.78, 5) is 29.4. The second-order valence-electron chi connectivity index (χ2n) is 11.3. The first-order valence-electron chi connectivity index (χ1n) is 14.8. The molecule has 0 saturated carbocycles. The summed E-state index contributed by atoms with van der Waals surface area (Å²) in [7, 11) is -3.93. The van der Waals surface area contributed by atoms with Crippen LogP contribution in [-0.4, -0.2) is 50.5 Å². The largest absolute Gasteiger partial charge is 0.457 e. The van der Waals surface area contributed by atoms with Gasteiger partial charge in [0.2, 0.25) is 21.8 Å². The number of benzene rings is 4. The molecule has 0 aliphatic heterocycles. The van der Waals surface area contributed by atoms with Crippen LogP contribution in [0.3, 0.4) is 0 Å². The lowest BCUT2D eigenvalue weighted by atomic mass is 10.0. The van der Waals surface area contributed by atoms with Crippen molar-refractivity contribution in [1.29, 1.82) is 0 Å². The van der Waals surface area contributed by atoms with Gasteiger partial charge in [0.05, 0.1) is 11.9 Å². The van der Waals surface area contributed by atoms with Gasteiger partial charge in [-0.1, -0.05) is 91.6 Å². The van der Waals surface area contributed by atoms with Crippen LogP contribution < -0.4 is 14.4 Å². The van der Waals surface area contributed by atoms with E-state index in [0.717, 1.165) is 16.1 Å². The Balaban J connectivity index is 1.69. The van der Waals surface area contributed by atoms with Crippen molar-refractivity contribution >= 4 is 50.7 Å². The molecule has 0 unspecified atom stereocenters. The van der Waals surface area contributed by atoms with E-state index in [4.69, 9.17) is 27.9 Å². The number of hydrogen-bond acceptors (Lipinski definition) is 5. The van der Waals surface area contributed by atoms with E-state index in [2.05, 4.69) is 5.32 Å². The Morgan fingerprint density at radius 1 is 0.848 bits per heavy atom. The Labute approximate surface area is 280 Å². The standard InChI is InChI=1S/C35H37Cl2N3O5S/c1-25(2)22-38-35(42)33(20-26-10-6-4-7-11-26)39(23-27-14-15-28(36)21-32(27)37)34(41)24-40(46(3,43)44)29-16-18-31(19-17-29)45-30-12-8-5-9-13-30/h4-19,21,25,33H,20,22-24H2,1-3H3,(H,38,42)/t33-/m1/s1. The van der Waals surface area contributed by atoms with Gasteiger partial charge in [-0.3, -0.25) is 13.9 Å². The molecule has 4 aromatic carbocycles. The van der Waals surface area contributed by atoms with Gasteiger partial charge in [0, 0.05) is 29.6 Å². The molecular formula is C35H37Cl2N3O5S. The molecular weight excluding hydrogens is 645 g/mol. The topological polar surface area (TPSA) is 96.0 Å². The predicted molar refractivity (Wildman–Crippen MR) is 184 cm³/mol. The first-order chi connectivity index (χ1) is 21.9. The van der Waals surface area contributed by atoms with Gasteiger partial charge in [0.1, 0.15) is 24.1 Å². The maximum Gasteiger partial charge on any atom is 0.244 e. The van der Waals surface area contributed by atoms with Gasteiger partial charge in [0.25, 0.3) is 0 Å². The average molecular weight is 683 g/mol. The summed E-state index contributed by atoms with van der Waals surface area (Å²) < 4.78 is 33.1. The number of rotatable bonds is 14. The van der Waals surface area contributed by atoms with E-state index in [1.54, 1.807) is 54.6 Å². The third kappa shape index (κ3) is 9.97. The number of nitrogens with zero attached hydrogens (tertiary/aromatic N) is 2. The number of hydrogen-bond donors (Lipinski definition) is 1.